The molecule has 1 aromatic carbocycles. The van der Waals surface area contributed by atoms with E-state index in [2.05, 4.69) is 27.7 Å². The van der Waals surface area contributed by atoms with Gasteiger partial charge >= 0.3 is 23.9 Å². The molecule has 0 amide bonds. The number of esters is 4. The van der Waals surface area contributed by atoms with Crippen LogP contribution >= 0.6 is 0 Å². The van der Waals surface area contributed by atoms with Crippen LogP contribution < -0.4 is 0 Å². The van der Waals surface area contributed by atoms with Gasteiger partial charge in [-0.2, -0.15) is 5.06 Å². The van der Waals surface area contributed by atoms with Crippen LogP contribution in [0.4, 0.5) is 0 Å². The summed E-state index contributed by atoms with van der Waals surface area (Å²) in [6, 6.07) is 10.0. The fourth-order valence-electron chi connectivity index (χ4n) is 11.4. The number of unbranched alkanes of at least 4 members (excludes halogenated alkanes) is 15. The van der Waals surface area contributed by atoms with Gasteiger partial charge in [-0.05, 0) is 95.5 Å². The van der Waals surface area contributed by atoms with Crippen molar-refractivity contribution in [3.05, 3.63) is 35.9 Å². The minimum absolute atomic E-state index is 0.0362. The van der Waals surface area contributed by atoms with Gasteiger partial charge in [0.05, 0.1) is 55.3 Å². The number of nitrogens with zero attached hydrogens (tertiary/aromatic N) is 1. The smallest absolute Gasteiger partial charge is 0.337 e. The maximum Gasteiger partial charge on any atom is 0.337 e. The molecule has 1 aromatic rings. The molecule has 8 unspecified atom stereocenters. The molecule has 1 fully saturated rings. The van der Waals surface area contributed by atoms with Crippen LogP contribution in [0.5, 0.6) is 0 Å². The maximum atomic E-state index is 14.8. The summed E-state index contributed by atoms with van der Waals surface area (Å²) in [5.41, 5.74) is -0.445. The molecule has 1 heterocycles. The van der Waals surface area contributed by atoms with Crippen molar-refractivity contribution in [1.29, 1.82) is 0 Å². The number of ether oxygens (including phenoxy) is 5. The van der Waals surface area contributed by atoms with E-state index in [4.69, 9.17) is 28.5 Å². The SMILES string of the molecule is CCCCCCCCCCCCCCCCOC(=O)C(CC(CC(ON1C(C)(CC)CC(=O)CC1(C)CC)C(=O)OCCOC)C(=O)OCCCCC(CCC)CCCC)CC(CC(C)c1ccccc1)C(=O)OCCC. The summed E-state index contributed by atoms with van der Waals surface area (Å²) in [7, 11) is 1.53. The molecule has 1 aliphatic rings. The van der Waals surface area contributed by atoms with Crippen molar-refractivity contribution in [2.45, 2.75) is 284 Å². The van der Waals surface area contributed by atoms with E-state index in [0.717, 1.165) is 50.5 Å². The van der Waals surface area contributed by atoms with Gasteiger partial charge in [-0.3, -0.25) is 24.0 Å². The van der Waals surface area contributed by atoms with E-state index in [0.29, 0.717) is 44.4 Å². The molecule has 8 atom stereocenters. The Kier molecular flexibility index (Phi) is 37.7. The zero-order chi connectivity index (χ0) is 56.7. The second kappa shape index (κ2) is 41.6. The van der Waals surface area contributed by atoms with Crippen LogP contribution in [0.3, 0.4) is 0 Å². The minimum Gasteiger partial charge on any atom is -0.465 e. The van der Waals surface area contributed by atoms with Crippen molar-refractivity contribution < 1.29 is 52.5 Å². The standard InChI is InChI=1S/C65H113NO11/c1-11-17-19-20-21-22-23-24-25-26-27-28-29-34-42-74-61(69)56(47-55(60(68)73-41-14-4)46-52(7)54-39-31-30-32-40-54)48-57(62(70)75-43-35-33-38-53(36-13-3)37-18-12-2)49-59(63(71)76-45-44-72-10)77-66-64(8,15-5)50-58(67)51-65(66,9)16-6/h30-32,39-40,52-53,55-57,59H,11-29,33-38,41-51H2,1-10H3. The highest BCUT2D eigenvalue weighted by molar-refractivity contribution is 5.82. The molecule has 0 bridgehead atoms. The van der Waals surface area contributed by atoms with Gasteiger partial charge < -0.3 is 23.7 Å². The summed E-state index contributed by atoms with van der Waals surface area (Å²) in [6.07, 6.45) is 26.7. The Morgan fingerprint density at radius 2 is 0.948 bits per heavy atom. The van der Waals surface area contributed by atoms with E-state index >= 15 is 0 Å². The van der Waals surface area contributed by atoms with Crippen molar-refractivity contribution in [3.8, 4) is 0 Å². The molecule has 2 rings (SSSR count). The number of benzene rings is 1. The lowest BCUT2D eigenvalue weighted by molar-refractivity contribution is -0.307. The fourth-order valence-corrected chi connectivity index (χ4v) is 11.4. The zero-order valence-electron chi connectivity index (χ0n) is 50.7. The van der Waals surface area contributed by atoms with E-state index in [1.165, 1.54) is 90.6 Å². The Hall–Kier alpha value is -3.35. The number of hydroxylamine groups is 2. The fraction of sp³-hybridized carbons (Fsp3) is 0.831. The lowest BCUT2D eigenvalue weighted by Crippen LogP contribution is -2.64. The van der Waals surface area contributed by atoms with Crippen LogP contribution in [0.25, 0.3) is 0 Å². The molecule has 77 heavy (non-hydrogen) atoms. The van der Waals surface area contributed by atoms with Gasteiger partial charge in [0.1, 0.15) is 12.4 Å². The van der Waals surface area contributed by atoms with Gasteiger partial charge in [0.25, 0.3) is 0 Å². The summed E-state index contributed by atoms with van der Waals surface area (Å²) in [5, 5.41) is 1.82. The van der Waals surface area contributed by atoms with Gasteiger partial charge in [-0.25, -0.2) is 4.79 Å². The Morgan fingerprint density at radius 1 is 0.494 bits per heavy atom. The van der Waals surface area contributed by atoms with Crippen molar-refractivity contribution in [2.75, 3.05) is 40.1 Å². The zero-order valence-corrected chi connectivity index (χ0v) is 50.7. The second-order valence-electron chi connectivity index (χ2n) is 23.4. The quantitative estimate of drug-likeness (QED) is 0.0348. The van der Waals surface area contributed by atoms with E-state index < -0.39 is 52.8 Å². The van der Waals surface area contributed by atoms with Gasteiger partial charge in [0.15, 0.2) is 6.10 Å². The van der Waals surface area contributed by atoms with Gasteiger partial charge in [0.2, 0.25) is 0 Å². The number of ketones is 1. The normalized spacial score (nSPS) is 19.2. The Labute approximate surface area is 469 Å². The highest BCUT2D eigenvalue weighted by Crippen LogP contribution is 2.42. The van der Waals surface area contributed by atoms with Gasteiger partial charge in [-0.15, -0.1) is 0 Å². The van der Waals surface area contributed by atoms with E-state index in [-0.39, 0.29) is 82.8 Å². The Bertz CT molecular complexity index is 1700. The first kappa shape index (κ1) is 69.8. The van der Waals surface area contributed by atoms with Gasteiger partial charge in [0, 0.05) is 20.0 Å². The van der Waals surface area contributed by atoms with Crippen molar-refractivity contribution in [1.82, 2.24) is 5.06 Å². The third-order valence-corrected chi connectivity index (χ3v) is 16.4. The first-order chi connectivity index (χ1) is 37.1. The maximum absolute atomic E-state index is 14.8. The molecule has 0 spiro atoms. The average Bonchev–Trinajstić information content (AvgIpc) is 3.43. The first-order valence-electron chi connectivity index (χ1n) is 31.3. The van der Waals surface area contributed by atoms with Crippen LogP contribution in [0.15, 0.2) is 30.3 Å². The van der Waals surface area contributed by atoms with Crippen LogP contribution in [0.2, 0.25) is 0 Å². The summed E-state index contributed by atoms with van der Waals surface area (Å²) < 4.78 is 29.2. The molecule has 1 saturated heterocycles. The van der Waals surface area contributed by atoms with E-state index in [9.17, 15) is 24.0 Å². The molecule has 1 aliphatic heterocycles. The lowest BCUT2D eigenvalue weighted by atomic mass is 9.76. The number of carbonyl (C=O) groups excluding carboxylic acids is 5. The molecule has 12 nitrogen and oxygen atoms in total. The van der Waals surface area contributed by atoms with Crippen LogP contribution in [-0.2, 0) is 52.5 Å². The number of hydrogen-bond donors (Lipinski definition) is 0. The molecular weight excluding hydrogens is 971 g/mol. The number of Topliss-reactive ketones (excluding diaryl/α,β-unsaturated/α-hetero) is 1. The highest BCUT2D eigenvalue weighted by atomic mass is 16.7. The molecule has 444 valence electrons. The molecular formula is C65H113NO11. The molecule has 0 saturated carbocycles. The van der Waals surface area contributed by atoms with E-state index in [1.54, 1.807) is 0 Å². The Balaban J connectivity index is 2.54. The lowest BCUT2D eigenvalue weighted by Gasteiger charge is -2.53. The topological polar surface area (TPSA) is 144 Å². The summed E-state index contributed by atoms with van der Waals surface area (Å²) >= 11 is 0. The molecule has 0 N–H and O–H groups in total. The number of piperidine rings is 1. The minimum atomic E-state index is -1.31. The average molecular weight is 1080 g/mol. The van der Waals surface area contributed by atoms with Crippen molar-refractivity contribution >= 4 is 29.7 Å². The summed E-state index contributed by atoms with van der Waals surface area (Å²) in [4.78, 5) is 78.3. The third-order valence-electron chi connectivity index (χ3n) is 16.4. The predicted octanol–water partition coefficient (Wildman–Crippen LogP) is 16.0. The van der Waals surface area contributed by atoms with Crippen molar-refractivity contribution in [3.63, 3.8) is 0 Å². The summed E-state index contributed by atoms with van der Waals surface area (Å²) in [5.74, 6) is -4.04. The van der Waals surface area contributed by atoms with E-state index in [1.807, 2.05) is 70.0 Å². The molecule has 0 aliphatic carbocycles. The molecule has 12 heteroatoms. The third kappa shape index (κ3) is 28.1. The predicted molar refractivity (Wildman–Crippen MR) is 310 cm³/mol. The monoisotopic (exact) mass is 1080 g/mol. The first-order valence-corrected chi connectivity index (χ1v) is 31.3. The number of carbonyl (C=O) groups is 5. The number of methoxy groups -OCH3 is 1. The van der Waals surface area contributed by atoms with Crippen LogP contribution in [-0.4, -0.2) is 92.0 Å². The van der Waals surface area contributed by atoms with Crippen LogP contribution in [0.1, 0.15) is 273 Å². The van der Waals surface area contributed by atoms with Crippen molar-refractivity contribution in [2.24, 2.45) is 23.7 Å². The number of rotatable bonds is 47. The molecule has 0 aromatic heterocycles. The van der Waals surface area contributed by atoms with Gasteiger partial charge in [-0.1, -0.05) is 201 Å². The Morgan fingerprint density at radius 3 is 1.44 bits per heavy atom. The highest BCUT2D eigenvalue weighted by Gasteiger charge is 2.51. The largest absolute Gasteiger partial charge is 0.465 e. The molecule has 0 radical (unpaired) electrons. The summed E-state index contributed by atoms with van der Waals surface area (Å²) in [6.45, 7) is 19.5. The van der Waals surface area contributed by atoms with Crippen LogP contribution in [0, 0.1) is 23.7 Å². The second-order valence-corrected chi connectivity index (χ2v) is 23.4. The number of hydrogen-bond acceptors (Lipinski definition) is 12.